The fourth-order valence-corrected chi connectivity index (χ4v) is 4.10. The minimum absolute atomic E-state index is 0.00552. The maximum atomic E-state index is 13.0. The number of aryl methyl sites for hydroxylation is 1. The summed E-state index contributed by atoms with van der Waals surface area (Å²) in [6.07, 6.45) is 1.32. The van der Waals surface area contributed by atoms with Crippen molar-refractivity contribution in [1.82, 2.24) is 9.66 Å². The highest BCUT2D eigenvalue weighted by Gasteiger charge is 2.22. The van der Waals surface area contributed by atoms with Crippen LogP contribution in [0.3, 0.4) is 0 Å². The van der Waals surface area contributed by atoms with E-state index in [-0.39, 0.29) is 29.4 Å². The number of aromatic nitrogens is 2. The molecule has 0 aliphatic rings. The summed E-state index contributed by atoms with van der Waals surface area (Å²) in [6.45, 7) is 1.64. The van der Waals surface area contributed by atoms with Gasteiger partial charge in [0.2, 0.25) is 5.75 Å². The van der Waals surface area contributed by atoms with Crippen molar-refractivity contribution in [2.75, 3.05) is 7.11 Å². The van der Waals surface area contributed by atoms with Crippen LogP contribution in [0.4, 0.5) is 5.69 Å². The van der Waals surface area contributed by atoms with Crippen LogP contribution in [0.15, 0.2) is 62.9 Å². The fourth-order valence-electron chi connectivity index (χ4n) is 3.42. The first kappa shape index (κ1) is 25.6. The molecule has 0 fully saturated rings. The molecule has 0 spiro atoms. The maximum absolute atomic E-state index is 13.0. The number of ether oxygens (including phenoxy) is 2. The molecule has 0 radical (unpaired) electrons. The van der Waals surface area contributed by atoms with Crippen molar-refractivity contribution in [2.45, 2.75) is 13.5 Å². The number of halogens is 3. The number of nitro benzene ring substituents is 1. The largest absolute Gasteiger partial charge is 0.493 e. The van der Waals surface area contributed by atoms with Crippen LogP contribution < -0.4 is 15.0 Å². The third-order valence-corrected chi connectivity index (χ3v) is 6.37. The maximum Gasteiger partial charge on any atom is 0.315 e. The summed E-state index contributed by atoms with van der Waals surface area (Å²) in [4.78, 5) is 28.6. The standard InChI is InChI=1S/C24H17BrCl2N4O5/c1-13-29-20-6-4-16(25)10-17(20)24(32)30(13)28-11-15-8-21(31(33)34)23(22(9-15)35-2)36-12-14-3-5-18(26)19(27)7-14/h3-11H,12H2,1-2H3. The molecular formula is C24H17BrCl2N4O5. The van der Waals surface area contributed by atoms with Crippen molar-refractivity contribution in [3.63, 3.8) is 0 Å². The van der Waals surface area contributed by atoms with Gasteiger partial charge in [-0.05, 0) is 48.9 Å². The quantitative estimate of drug-likeness (QED) is 0.145. The van der Waals surface area contributed by atoms with E-state index in [2.05, 4.69) is 26.0 Å². The third kappa shape index (κ3) is 5.35. The third-order valence-electron chi connectivity index (χ3n) is 5.13. The monoisotopic (exact) mass is 590 g/mol. The predicted molar refractivity (Wildman–Crippen MR) is 142 cm³/mol. The number of nitro groups is 1. The van der Waals surface area contributed by atoms with Crippen LogP contribution in [0.25, 0.3) is 10.9 Å². The Morgan fingerprint density at radius 1 is 1.17 bits per heavy atom. The molecule has 0 amide bonds. The molecule has 0 saturated carbocycles. The molecule has 9 nitrogen and oxygen atoms in total. The zero-order valence-corrected chi connectivity index (χ0v) is 22.0. The molecule has 184 valence electrons. The topological polar surface area (TPSA) is 109 Å². The molecule has 4 rings (SSSR count). The number of hydrogen-bond donors (Lipinski definition) is 0. The minimum atomic E-state index is -0.587. The lowest BCUT2D eigenvalue weighted by Crippen LogP contribution is -2.20. The number of rotatable bonds is 7. The molecule has 12 heteroatoms. The van der Waals surface area contributed by atoms with E-state index in [0.717, 1.165) is 9.15 Å². The SMILES string of the molecule is COc1cc(C=Nn2c(C)nc3ccc(Br)cc3c2=O)cc([N+](=O)[O-])c1OCc1ccc(Cl)c(Cl)c1. The molecule has 1 aromatic heterocycles. The van der Waals surface area contributed by atoms with E-state index in [4.69, 9.17) is 32.7 Å². The van der Waals surface area contributed by atoms with Crippen molar-refractivity contribution in [1.29, 1.82) is 0 Å². The Morgan fingerprint density at radius 2 is 1.94 bits per heavy atom. The number of nitrogens with zero attached hydrogens (tertiary/aromatic N) is 4. The van der Waals surface area contributed by atoms with E-state index in [1.807, 2.05) is 0 Å². The van der Waals surface area contributed by atoms with Crippen LogP contribution >= 0.6 is 39.1 Å². The first-order valence-corrected chi connectivity index (χ1v) is 11.9. The molecule has 3 aromatic carbocycles. The van der Waals surface area contributed by atoms with E-state index in [9.17, 15) is 14.9 Å². The number of benzene rings is 3. The number of fused-ring (bicyclic) bond motifs is 1. The smallest absolute Gasteiger partial charge is 0.315 e. The lowest BCUT2D eigenvalue weighted by Gasteiger charge is -2.12. The van der Waals surface area contributed by atoms with E-state index < -0.39 is 4.92 Å². The Labute approximate surface area is 223 Å². The zero-order valence-electron chi connectivity index (χ0n) is 18.9. The Hall–Kier alpha value is -3.47. The normalized spacial score (nSPS) is 11.2. The van der Waals surface area contributed by atoms with Crippen molar-refractivity contribution < 1.29 is 14.4 Å². The minimum Gasteiger partial charge on any atom is -0.493 e. The predicted octanol–water partition coefficient (Wildman–Crippen LogP) is 6.15. The van der Waals surface area contributed by atoms with Gasteiger partial charge in [-0.15, -0.1) is 0 Å². The summed E-state index contributed by atoms with van der Waals surface area (Å²) >= 11 is 15.3. The Morgan fingerprint density at radius 3 is 2.64 bits per heavy atom. The van der Waals surface area contributed by atoms with Crippen LogP contribution in [-0.4, -0.2) is 27.9 Å². The molecule has 0 aliphatic heterocycles. The average Bonchev–Trinajstić information content (AvgIpc) is 2.85. The van der Waals surface area contributed by atoms with Crippen LogP contribution in [0.5, 0.6) is 11.5 Å². The lowest BCUT2D eigenvalue weighted by molar-refractivity contribution is -0.386. The molecule has 36 heavy (non-hydrogen) atoms. The van der Waals surface area contributed by atoms with E-state index in [1.165, 1.54) is 25.5 Å². The molecule has 0 bridgehead atoms. The van der Waals surface area contributed by atoms with Crippen LogP contribution in [-0.2, 0) is 6.61 Å². The van der Waals surface area contributed by atoms with Crippen molar-refractivity contribution in [3.8, 4) is 11.5 Å². The Bertz CT molecular complexity index is 1590. The second-order valence-corrected chi connectivity index (χ2v) is 9.28. The van der Waals surface area contributed by atoms with Gasteiger partial charge in [0.25, 0.3) is 5.56 Å². The van der Waals surface area contributed by atoms with Gasteiger partial charge < -0.3 is 9.47 Å². The summed E-state index contributed by atoms with van der Waals surface area (Å²) in [5.74, 6) is 0.417. The van der Waals surface area contributed by atoms with Gasteiger partial charge in [0.05, 0.1) is 39.2 Å². The second kappa shape index (κ2) is 10.7. The van der Waals surface area contributed by atoms with Gasteiger partial charge in [-0.2, -0.15) is 9.78 Å². The molecule has 4 aromatic rings. The summed E-state index contributed by atoms with van der Waals surface area (Å²) in [5.41, 5.74) is 0.810. The van der Waals surface area contributed by atoms with E-state index in [1.54, 1.807) is 43.3 Å². The highest BCUT2D eigenvalue weighted by Crippen LogP contribution is 2.38. The number of hydrogen-bond acceptors (Lipinski definition) is 7. The number of methoxy groups -OCH3 is 1. The van der Waals surface area contributed by atoms with Gasteiger partial charge in [0, 0.05) is 16.1 Å². The van der Waals surface area contributed by atoms with Crippen LogP contribution in [0.1, 0.15) is 17.0 Å². The molecule has 0 saturated heterocycles. The van der Waals surface area contributed by atoms with Crippen molar-refractivity contribution in [2.24, 2.45) is 5.10 Å². The van der Waals surface area contributed by atoms with E-state index >= 15 is 0 Å². The van der Waals surface area contributed by atoms with Gasteiger partial charge in [-0.25, -0.2) is 4.98 Å². The molecule has 0 aliphatic carbocycles. The highest BCUT2D eigenvalue weighted by molar-refractivity contribution is 9.10. The van der Waals surface area contributed by atoms with Gasteiger partial charge >= 0.3 is 5.69 Å². The van der Waals surface area contributed by atoms with Gasteiger partial charge in [-0.3, -0.25) is 14.9 Å². The van der Waals surface area contributed by atoms with E-state index in [0.29, 0.717) is 37.9 Å². The highest BCUT2D eigenvalue weighted by atomic mass is 79.9. The fraction of sp³-hybridized carbons (Fsp3) is 0.125. The van der Waals surface area contributed by atoms with Crippen LogP contribution in [0.2, 0.25) is 10.0 Å². The van der Waals surface area contributed by atoms with Crippen molar-refractivity contribution in [3.05, 3.63) is 100 Å². The Kier molecular flexibility index (Phi) is 7.58. The van der Waals surface area contributed by atoms with Gasteiger partial charge in [-0.1, -0.05) is 45.2 Å². The molecule has 0 unspecified atom stereocenters. The van der Waals surface area contributed by atoms with Gasteiger partial charge in [0.1, 0.15) is 12.4 Å². The average molecular weight is 592 g/mol. The lowest BCUT2D eigenvalue weighted by atomic mass is 10.1. The Balaban J connectivity index is 1.70. The van der Waals surface area contributed by atoms with Crippen LogP contribution in [0, 0.1) is 17.0 Å². The van der Waals surface area contributed by atoms with Crippen molar-refractivity contribution >= 4 is 61.9 Å². The summed E-state index contributed by atoms with van der Waals surface area (Å²) in [5, 5.41) is 17.2. The summed E-state index contributed by atoms with van der Waals surface area (Å²) in [7, 11) is 1.37. The second-order valence-electron chi connectivity index (χ2n) is 7.55. The molecule has 0 atom stereocenters. The summed E-state index contributed by atoms with van der Waals surface area (Å²) in [6, 6.07) is 12.9. The molecule has 1 heterocycles. The molecule has 0 N–H and O–H groups in total. The molecular weight excluding hydrogens is 575 g/mol. The first-order chi connectivity index (χ1) is 17.2. The first-order valence-electron chi connectivity index (χ1n) is 10.3. The van der Waals surface area contributed by atoms with Gasteiger partial charge in [0.15, 0.2) is 5.75 Å². The summed E-state index contributed by atoms with van der Waals surface area (Å²) < 4.78 is 12.9. The zero-order chi connectivity index (χ0) is 26.0.